The lowest BCUT2D eigenvalue weighted by Crippen LogP contribution is -2.05. The Kier molecular flexibility index (Phi) is 5.70. The molecule has 0 spiro atoms. The summed E-state index contributed by atoms with van der Waals surface area (Å²) in [5, 5.41) is 9.67. The van der Waals surface area contributed by atoms with Crippen LogP contribution in [0.15, 0.2) is 30.3 Å². The zero-order valence-corrected chi connectivity index (χ0v) is 17.0. The molecule has 0 atom stereocenters. The van der Waals surface area contributed by atoms with Crippen molar-refractivity contribution >= 4 is 22.7 Å². The summed E-state index contributed by atoms with van der Waals surface area (Å²) in [4.78, 5) is 7.84. The van der Waals surface area contributed by atoms with Gasteiger partial charge in [-0.1, -0.05) is 19.9 Å². The maximum atomic E-state index is 9.67. The van der Waals surface area contributed by atoms with Gasteiger partial charge >= 0.3 is 0 Å². The number of hydrogen-bond donors (Lipinski definition) is 1. The third kappa shape index (κ3) is 4.17. The molecule has 0 saturated heterocycles. The van der Waals surface area contributed by atoms with Crippen LogP contribution >= 0.6 is 0 Å². The van der Waals surface area contributed by atoms with E-state index in [0.717, 1.165) is 16.6 Å². The number of benzene rings is 2. The van der Waals surface area contributed by atoms with Crippen molar-refractivity contribution in [3.05, 3.63) is 52.8 Å². The van der Waals surface area contributed by atoms with Gasteiger partial charge in [0.2, 0.25) is 0 Å². The van der Waals surface area contributed by atoms with Crippen molar-refractivity contribution in [3.63, 3.8) is 0 Å². The minimum atomic E-state index is 0.426. The number of nitrogens with zero attached hydrogens (tertiary/aromatic N) is 2. The second kappa shape index (κ2) is 8.18. The maximum Gasteiger partial charge on any atom is 0.161 e. The molecule has 0 aliphatic heterocycles. The molecule has 0 radical (unpaired) electrons. The van der Waals surface area contributed by atoms with Gasteiger partial charge in [-0.15, -0.1) is 0 Å². The smallest absolute Gasteiger partial charge is 0.161 e. The first kappa shape index (κ1) is 19.5. The molecule has 0 aliphatic rings. The fourth-order valence-electron chi connectivity index (χ4n) is 2.87. The number of rotatable bonds is 6. The largest absolute Gasteiger partial charge is 0.493 e. The molecule has 0 bridgehead atoms. The third-order valence-electron chi connectivity index (χ3n) is 4.54. The molecule has 1 heterocycles. The first-order valence-electron chi connectivity index (χ1n) is 9.31. The molecule has 3 aromatic rings. The van der Waals surface area contributed by atoms with Gasteiger partial charge in [-0.05, 0) is 66.8 Å². The zero-order valence-electron chi connectivity index (χ0n) is 17.0. The highest BCUT2D eigenvalue weighted by atomic mass is 16.5. The van der Waals surface area contributed by atoms with Gasteiger partial charge in [0.05, 0.1) is 30.3 Å². The minimum absolute atomic E-state index is 0.426. The van der Waals surface area contributed by atoms with E-state index in [1.807, 2.05) is 24.3 Å². The molecule has 0 aliphatic carbocycles. The number of H-pyrrole nitrogens is 1. The molecule has 144 valence electrons. The van der Waals surface area contributed by atoms with Crippen LogP contribution in [0.2, 0.25) is 0 Å². The summed E-state index contributed by atoms with van der Waals surface area (Å²) in [6.45, 7) is 8.93. The highest BCUT2D eigenvalue weighted by Gasteiger charge is 2.11. The Bertz CT molecular complexity index is 1030. The summed E-state index contributed by atoms with van der Waals surface area (Å²) in [7, 11) is 1.61. The SMILES string of the molecule is COc1cc(C=C(C#N)c2nc3cc(C)c(C)cc3[nH]2)ccc1OCC(C)C. The first-order chi connectivity index (χ1) is 13.4. The van der Waals surface area contributed by atoms with Gasteiger partial charge in [0.25, 0.3) is 0 Å². The Morgan fingerprint density at radius 1 is 1.18 bits per heavy atom. The molecule has 3 rings (SSSR count). The normalized spacial score (nSPS) is 11.7. The summed E-state index contributed by atoms with van der Waals surface area (Å²) >= 11 is 0. The van der Waals surface area contributed by atoms with E-state index in [2.05, 4.69) is 49.8 Å². The number of methoxy groups -OCH3 is 1. The van der Waals surface area contributed by atoms with Crippen LogP contribution in [0.4, 0.5) is 0 Å². The number of nitrogens with one attached hydrogen (secondary N) is 1. The molecule has 5 heteroatoms. The Hall–Kier alpha value is -3.26. The lowest BCUT2D eigenvalue weighted by atomic mass is 10.1. The number of fused-ring (bicyclic) bond motifs is 1. The van der Waals surface area contributed by atoms with E-state index >= 15 is 0 Å². The lowest BCUT2D eigenvalue weighted by Gasteiger charge is -2.12. The van der Waals surface area contributed by atoms with Crippen LogP contribution in [0.25, 0.3) is 22.7 Å². The second-order valence-corrected chi connectivity index (χ2v) is 7.32. The maximum absolute atomic E-state index is 9.67. The van der Waals surface area contributed by atoms with Crippen molar-refractivity contribution in [1.82, 2.24) is 9.97 Å². The van der Waals surface area contributed by atoms with Gasteiger partial charge in [0, 0.05) is 0 Å². The minimum Gasteiger partial charge on any atom is -0.493 e. The summed E-state index contributed by atoms with van der Waals surface area (Å²) in [6.07, 6.45) is 1.80. The van der Waals surface area contributed by atoms with Crippen molar-refractivity contribution in [1.29, 1.82) is 5.26 Å². The van der Waals surface area contributed by atoms with Crippen LogP contribution in [0.3, 0.4) is 0 Å². The third-order valence-corrected chi connectivity index (χ3v) is 4.54. The van der Waals surface area contributed by atoms with E-state index in [1.54, 1.807) is 13.2 Å². The molecule has 1 N–H and O–H groups in total. The highest BCUT2D eigenvalue weighted by Crippen LogP contribution is 2.30. The van der Waals surface area contributed by atoms with Crippen LogP contribution in [0.5, 0.6) is 11.5 Å². The van der Waals surface area contributed by atoms with Crippen molar-refractivity contribution < 1.29 is 9.47 Å². The number of aromatic nitrogens is 2. The molecular formula is C23H25N3O2. The highest BCUT2D eigenvalue weighted by molar-refractivity contribution is 5.90. The second-order valence-electron chi connectivity index (χ2n) is 7.32. The summed E-state index contributed by atoms with van der Waals surface area (Å²) in [5.41, 5.74) is 5.45. The number of aryl methyl sites for hydroxylation is 2. The fraction of sp³-hybridized carbons (Fsp3) is 0.304. The molecule has 1 aromatic heterocycles. The van der Waals surface area contributed by atoms with Crippen LogP contribution in [-0.2, 0) is 0 Å². The fourth-order valence-corrected chi connectivity index (χ4v) is 2.87. The number of hydrogen-bond acceptors (Lipinski definition) is 4. The van der Waals surface area contributed by atoms with Crippen molar-refractivity contribution in [2.24, 2.45) is 5.92 Å². The van der Waals surface area contributed by atoms with Crippen molar-refractivity contribution in [2.75, 3.05) is 13.7 Å². The van der Waals surface area contributed by atoms with Gasteiger partial charge in [-0.25, -0.2) is 4.98 Å². The van der Waals surface area contributed by atoms with Crippen LogP contribution in [-0.4, -0.2) is 23.7 Å². The molecule has 0 amide bonds. The van der Waals surface area contributed by atoms with Gasteiger partial charge in [-0.3, -0.25) is 0 Å². The average molecular weight is 375 g/mol. The Morgan fingerprint density at radius 3 is 2.61 bits per heavy atom. The molecule has 0 saturated carbocycles. The van der Waals surface area contributed by atoms with E-state index in [-0.39, 0.29) is 0 Å². The number of aromatic amines is 1. The predicted molar refractivity (Wildman–Crippen MR) is 112 cm³/mol. The Labute approximate surface area is 165 Å². The Balaban J connectivity index is 1.95. The van der Waals surface area contributed by atoms with Gasteiger partial charge in [0.15, 0.2) is 11.5 Å². The molecule has 5 nitrogen and oxygen atoms in total. The van der Waals surface area contributed by atoms with Crippen molar-refractivity contribution in [3.8, 4) is 17.6 Å². The van der Waals surface area contributed by atoms with Crippen LogP contribution < -0.4 is 9.47 Å². The van der Waals surface area contributed by atoms with E-state index in [9.17, 15) is 5.26 Å². The standard InChI is InChI=1S/C23H25N3O2/c1-14(2)13-28-21-7-6-17(11-22(21)27-5)10-18(12-24)23-25-19-8-15(3)16(4)9-20(19)26-23/h6-11,14H,13H2,1-5H3,(H,25,26). The molecule has 0 fully saturated rings. The number of nitriles is 1. The predicted octanol–water partition coefficient (Wildman–Crippen LogP) is 5.29. The lowest BCUT2D eigenvalue weighted by molar-refractivity contribution is 0.257. The zero-order chi connectivity index (χ0) is 20.3. The quantitative estimate of drug-likeness (QED) is 0.595. The number of ether oxygens (including phenoxy) is 2. The topological polar surface area (TPSA) is 70.9 Å². The van der Waals surface area contributed by atoms with E-state index in [4.69, 9.17) is 9.47 Å². The van der Waals surface area contributed by atoms with Gasteiger partial charge < -0.3 is 14.5 Å². The number of imidazole rings is 1. The van der Waals surface area contributed by atoms with E-state index in [0.29, 0.717) is 35.4 Å². The van der Waals surface area contributed by atoms with Crippen molar-refractivity contribution in [2.45, 2.75) is 27.7 Å². The molecule has 2 aromatic carbocycles. The summed E-state index contributed by atoms with van der Waals surface area (Å²) in [5.74, 6) is 2.32. The van der Waals surface area contributed by atoms with E-state index in [1.165, 1.54) is 11.1 Å². The van der Waals surface area contributed by atoms with Crippen LogP contribution in [0, 0.1) is 31.1 Å². The molecule has 28 heavy (non-hydrogen) atoms. The average Bonchev–Trinajstić information content (AvgIpc) is 3.07. The van der Waals surface area contributed by atoms with Gasteiger partial charge in [-0.2, -0.15) is 5.26 Å². The number of allylic oxidation sites excluding steroid dienone is 1. The Morgan fingerprint density at radius 2 is 1.93 bits per heavy atom. The van der Waals surface area contributed by atoms with E-state index < -0.39 is 0 Å². The summed E-state index contributed by atoms with van der Waals surface area (Å²) in [6, 6.07) is 12.0. The molecule has 0 unspecified atom stereocenters. The monoisotopic (exact) mass is 375 g/mol. The summed E-state index contributed by atoms with van der Waals surface area (Å²) < 4.78 is 11.2. The van der Waals surface area contributed by atoms with Gasteiger partial charge in [0.1, 0.15) is 11.9 Å². The first-order valence-corrected chi connectivity index (χ1v) is 9.31. The molecular weight excluding hydrogens is 350 g/mol. The van der Waals surface area contributed by atoms with Crippen LogP contribution in [0.1, 0.15) is 36.4 Å².